The van der Waals surface area contributed by atoms with Gasteiger partial charge in [0.05, 0.1) is 17.4 Å². The summed E-state index contributed by atoms with van der Waals surface area (Å²) in [5.74, 6) is 6.10. The number of nitrogens with zero attached hydrogens (tertiary/aromatic N) is 1. The van der Waals surface area contributed by atoms with Gasteiger partial charge in [0.2, 0.25) is 0 Å². The minimum absolute atomic E-state index is 0.482. The van der Waals surface area contributed by atoms with Gasteiger partial charge in [-0.05, 0) is 18.2 Å². The molecule has 13 heavy (non-hydrogen) atoms. The number of thiol groups is 1. The van der Waals surface area contributed by atoms with Crippen molar-refractivity contribution in [2.24, 2.45) is 0 Å². The maximum Gasteiger partial charge on any atom is 0.0992 e. The van der Waals surface area contributed by atoms with Crippen molar-refractivity contribution in [3.63, 3.8) is 0 Å². The van der Waals surface area contributed by atoms with Crippen LogP contribution in [0.1, 0.15) is 11.1 Å². The first kappa shape index (κ1) is 9.51. The molecule has 1 aromatic rings. The summed E-state index contributed by atoms with van der Waals surface area (Å²) in [6, 6.07) is 7.05. The molecule has 0 heterocycles. The van der Waals surface area contributed by atoms with Gasteiger partial charge in [-0.15, -0.1) is 0 Å². The number of hydrogen-bond acceptors (Lipinski definition) is 3. The molecular formula is C10H8N2S. The predicted molar refractivity (Wildman–Crippen MR) is 56.3 cm³/mol. The van der Waals surface area contributed by atoms with Crippen LogP contribution in [0, 0.1) is 23.2 Å². The summed E-state index contributed by atoms with van der Waals surface area (Å²) in [4.78, 5) is 0. The lowest BCUT2D eigenvalue weighted by Gasteiger charge is -1.97. The lowest BCUT2D eigenvalue weighted by molar-refractivity contribution is 1.48. The molecule has 0 saturated heterocycles. The number of hydrogen-bond donors (Lipinski definition) is 2. The Balaban J connectivity index is 3.13. The Hall–Kier alpha value is -1.58. The molecule has 0 atom stereocenters. The van der Waals surface area contributed by atoms with Gasteiger partial charge in [-0.3, -0.25) is 0 Å². The molecule has 0 aliphatic carbocycles. The van der Waals surface area contributed by atoms with Crippen LogP contribution in [0.4, 0.5) is 5.69 Å². The van der Waals surface area contributed by atoms with E-state index in [1.165, 1.54) is 0 Å². The smallest absolute Gasteiger partial charge is 0.0992 e. The van der Waals surface area contributed by atoms with Crippen molar-refractivity contribution in [3.05, 3.63) is 29.3 Å². The third kappa shape index (κ3) is 2.43. The standard InChI is InChI=1S/C10H8N2S/c11-7-8-3-4-10(12)9(6-8)2-1-5-13/h3-4,6,13H,5,12H2. The molecule has 3 heteroatoms. The van der Waals surface area contributed by atoms with Crippen molar-refractivity contribution in [3.8, 4) is 17.9 Å². The monoisotopic (exact) mass is 188 g/mol. The van der Waals surface area contributed by atoms with Crippen molar-refractivity contribution in [1.29, 1.82) is 5.26 Å². The summed E-state index contributed by atoms with van der Waals surface area (Å²) in [5.41, 5.74) is 7.49. The number of nitriles is 1. The Morgan fingerprint density at radius 3 is 2.85 bits per heavy atom. The van der Waals surface area contributed by atoms with Crippen molar-refractivity contribution in [1.82, 2.24) is 0 Å². The first-order valence-electron chi connectivity index (χ1n) is 3.67. The van der Waals surface area contributed by atoms with Crippen molar-refractivity contribution in [2.45, 2.75) is 0 Å². The lowest BCUT2D eigenvalue weighted by atomic mass is 10.1. The van der Waals surface area contributed by atoms with Gasteiger partial charge in [0.15, 0.2) is 0 Å². The second-order valence-corrected chi connectivity index (χ2v) is 2.69. The molecule has 0 fully saturated rings. The second-order valence-electron chi connectivity index (χ2n) is 2.37. The minimum atomic E-state index is 0.482. The zero-order valence-corrected chi connectivity index (χ0v) is 7.81. The molecule has 0 aliphatic rings. The third-order valence-corrected chi connectivity index (χ3v) is 1.64. The lowest BCUT2D eigenvalue weighted by Crippen LogP contribution is -1.90. The Kier molecular flexibility index (Phi) is 3.25. The first-order valence-corrected chi connectivity index (χ1v) is 4.30. The van der Waals surface area contributed by atoms with E-state index in [2.05, 4.69) is 24.5 Å². The van der Waals surface area contributed by atoms with E-state index in [1.807, 2.05) is 6.07 Å². The normalized spacial score (nSPS) is 8.31. The summed E-state index contributed by atoms with van der Waals surface area (Å²) >= 11 is 3.95. The first-order chi connectivity index (χ1) is 6.27. The Morgan fingerprint density at radius 2 is 2.23 bits per heavy atom. The molecule has 0 spiro atoms. The Bertz CT molecular complexity index is 407. The van der Waals surface area contributed by atoms with Gasteiger partial charge < -0.3 is 5.73 Å². The van der Waals surface area contributed by atoms with Crippen LogP contribution in [-0.2, 0) is 0 Å². The van der Waals surface area contributed by atoms with Gasteiger partial charge in [0, 0.05) is 11.3 Å². The fourth-order valence-corrected chi connectivity index (χ4v) is 0.948. The average Bonchev–Trinajstić information content (AvgIpc) is 2.17. The molecule has 64 valence electrons. The Morgan fingerprint density at radius 1 is 1.46 bits per heavy atom. The summed E-state index contributed by atoms with van der Waals surface area (Å²) in [6.07, 6.45) is 0. The van der Waals surface area contributed by atoms with Crippen LogP contribution in [0.3, 0.4) is 0 Å². The molecular weight excluding hydrogens is 180 g/mol. The zero-order chi connectivity index (χ0) is 9.68. The van der Waals surface area contributed by atoms with Crippen LogP contribution in [0.5, 0.6) is 0 Å². The van der Waals surface area contributed by atoms with Crippen LogP contribution in [0.15, 0.2) is 18.2 Å². The number of nitrogen functional groups attached to an aromatic ring is 1. The van der Waals surface area contributed by atoms with Crippen LogP contribution in [-0.4, -0.2) is 5.75 Å². The highest BCUT2D eigenvalue weighted by atomic mass is 32.1. The summed E-state index contributed by atoms with van der Waals surface area (Å²) in [7, 11) is 0. The second kappa shape index (κ2) is 4.45. The highest BCUT2D eigenvalue weighted by Gasteiger charge is 1.96. The van der Waals surface area contributed by atoms with Gasteiger partial charge in [-0.1, -0.05) is 11.8 Å². The molecule has 0 radical (unpaired) electrons. The summed E-state index contributed by atoms with van der Waals surface area (Å²) < 4.78 is 0. The van der Waals surface area contributed by atoms with Crippen LogP contribution in [0.25, 0.3) is 0 Å². The largest absolute Gasteiger partial charge is 0.398 e. The topological polar surface area (TPSA) is 49.8 Å². The third-order valence-electron chi connectivity index (χ3n) is 1.48. The van der Waals surface area contributed by atoms with E-state index in [0.29, 0.717) is 22.6 Å². The van der Waals surface area contributed by atoms with Gasteiger partial charge in [0.1, 0.15) is 0 Å². The fraction of sp³-hybridized carbons (Fsp3) is 0.100. The van der Waals surface area contributed by atoms with Gasteiger partial charge in [-0.25, -0.2) is 0 Å². The maximum atomic E-state index is 8.62. The number of benzene rings is 1. The van der Waals surface area contributed by atoms with E-state index in [0.717, 1.165) is 0 Å². The quantitative estimate of drug-likeness (QED) is 0.367. The molecule has 0 aliphatic heterocycles. The molecule has 0 aromatic heterocycles. The molecule has 0 unspecified atom stereocenters. The SMILES string of the molecule is N#Cc1ccc(N)c(C#CCS)c1. The fourth-order valence-electron chi connectivity index (χ4n) is 0.869. The average molecular weight is 188 g/mol. The molecule has 0 amide bonds. The van der Waals surface area contributed by atoms with Gasteiger partial charge in [-0.2, -0.15) is 17.9 Å². The van der Waals surface area contributed by atoms with E-state index >= 15 is 0 Å². The van der Waals surface area contributed by atoms with E-state index in [-0.39, 0.29) is 0 Å². The molecule has 1 rings (SSSR count). The van der Waals surface area contributed by atoms with Crippen LogP contribution in [0.2, 0.25) is 0 Å². The predicted octanol–water partition coefficient (Wildman–Crippen LogP) is 1.42. The maximum absolute atomic E-state index is 8.62. The van der Waals surface area contributed by atoms with Crippen LogP contribution >= 0.6 is 12.6 Å². The van der Waals surface area contributed by atoms with E-state index < -0.39 is 0 Å². The molecule has 2 N–H and O–H groups in total. The minimum Gasteiger partial charge on any atom is -0.398 e. The summed E-state index contributed by atoms with van der Waals surface area (Å²) in [6.45, 7) is 0. The molecule has 0 bridgehead atoms. The van der Waals surface area contributed by atoms with Crippen molar-refractivity contribution >= 4 is 18.3 Å². The van der Waals surface area contributed by atoms with E-state index in [1.54, 1.807) is 18.2 Å². The molecule has 1 aromatic carbocycles. The number of rotatable bonds is 0. The molecule has 2 nitrogen and oxygen atoms in total. The highest BCUT2D eigenvalue weighted by molar-refractivity contribution is 7.80. The summed E-state index contributed by atoms with van der Waals surface area (Å²) in [5, 5.41) is 8.62. The van der Waals surface area contributed by atoms with Crippen LogP contribution < -0.4 is 5.73 Å². The van der Waals surface area contributed by atoms with Crippen molar-refractivity contribution in [2.75, 3.05) is 11.5 Å². The highest BCUT2D eigenvalue weighted by Crippen LogP contribution is 2.11. The molecule has 0 saturated carbocycles. The van der Waals surface area contributed by atoms with E-state index in [9.17, 15) is 0 Å². The van der Waals surface area contributed by atoms with Gasteiger partial charge in [0.25, 0.3) is 0 Å². The number of anilines is 1. The van der Waals surface area contributed by atoms with Crippen molar-refractivity contribution < 1.29 is 0 Å². The zero-order valence-electron chi connectivity index (χ0n) is 6.91. The van der Waals surface area contributed by atoms with Gasteiger partial charge >= 0.3 is 0 Å². The Labute approximate surface area is 82.8 Å². The van der Waals surface area contributed by atoms with E-state index in [4.69, 9.17) is 11.0 Å². The number of nitrogens with two attached hydrogens (primary N) is 1.